The zero-order valence-electron chi connectivity index (χ0n) is 36.0. The average Bonchev–Trinajstić information content (AvgIpc) is 3.64. The summed E-state index contributed by atoms with van der Waals surface area (Å²) >= 11 is -0.826. The predicted octanol–water partition coefficient (Wildman–Crippen LogP) is 16.4. The van der Waals surface area contributed by atoms with Crippen LogP contribution in [0.15, 0.2) is 97.1 Å². The molecule has 286 valence electrons. The van der Waals surface area contributed by atoms with Gasteiger partial charge in [0, 0.05) is 9.52 Å². The maximum absolute atomic E-state index is 4.93. The molecule has 0 aromatic heterocycles. The van der Waals surface area contributed by atoms with Crippen molar-refractivity contribution in [2.45, 2.75) is 132 Å². The number of halogens is 2. The van der Waals surface area contributed by atoms with E-state index in [4.69, 9.17) is 17.0 Å². The zero-order valence-corrected chi connectivity index (χ0v) is 41.0. The first-order valence-corrected chi connectivity index (χ1v) is 27.5. The van der Waals surface area contributed by atoms with Crippen molar-refractivity contribution in [3.8, 4) is 22.3 Å². The van der Waals surface area contributed by atoms with E-state index in [1.807, 2.05) is 0 Å². The van der Waals surface area contributed by atoms with Crippen molar-refractivity contribution in [1.82, 2.24) is 0 Å². The first-order chi connectivity index (χ1) is 24.9. The number of hydrogen-bond donors (Lipinski definition) is 0. The van der Waals surface area contributed by atoms with E-state index in [1.54, 1.807) is 0 Å². The van der Waals surface area contributed by atoms with Gasteiger partial charge in [-0.05, 0) is 49.5 Å². The summed E-state index contributed by atoms with van der Waals surface area (Å²) in [6.07, 6.45) is 0. The standard InChI is InChI=1S/C28H37.C20H21.C2H6Si.2ClH.Zr/c1-18-11-19-13-23(28(8,9)10)17-25(24(19)12-18)20-14-21(26(2,3)4)16-22(15-20)27(5,6)7;1-14-12-16-6-5-7-18(19(16)13-14)15-8-10-17(11-9-15)20(2,3)4;1-3-2;;;/h11-17H,1-10H3;5-13H,1-4H3;1-2H3;2*1H;/q2*-1;;;;+4/p-2. The molecule has 0 unspecified atom stereocenters. The zero-order chi connectivity index (χ0) is 40.8. The van der Waals surface area contributed by atoms with Gasteiger partial charge in [0.2, 0.25) is 0 Å². The van der Waals surface area contributed by atoms with Gasteiger partial charge < -0.3 is 0 Å². The van der Waals surface area contributed by atoms with Crippen LogP contribution in [-0.2, 0) is 42.5 Å². The van der Waals surface area contributed by atoms with Gasteiger partial charge in [0.25, 0.3) is 0 Å². The minimum absolute atomic E-state index is 0.124. The Bertz CT molecular complexity index is 2070. The Morgan fingerprint density at radius 1 is 0.463 bits per heavy atom. The van der Waals surface area contributed by atoms with E-state index in [0.29, 0.717) is 0 Å². The third kappa shape index (κ3) is 12.4. The van der Waals surface area contributed by atoms with Crippen LogP contribution in [0.3, 0.4) is 0 Å². The molecule has 6 aromatic carbocycles. The Morgan fingerprint density at radius 2 is 0.870 bits per heavy atom. The molecule has 0 nitrogen and oxygen atoms in total. The van der Waals surface area contributed by atoms with Crippen LogP contribution in [0.5, 0.6) is 0 Å². The van der Waals surface area contributed by atoms with E-state index in [9.17, 15) is 0 Å². The predicted molar refractivity (Wildman–Crippen MR) is 243 cm³/mol. The van der Waals surface area contributed by atoms with Gasteiger partial charge in [0.15, 0.2) is 0 Å². The quantitative estimate of drug-likeness (QED) is 0.120. The van der Waals surface area contributed by atoms with Gasteiger partial charge in [0.1, 0.15) is 0 Å². The van der Waals surface area contributed by atoms with Crippen LogP contribution in [-0.4, -0.2) is 9.52 Å². The monoisotopic (exact) mass is 852 g/mol. The summed E-state index contributed by atoms with van der Waals surface area (Å²) in [5.74, 6) is 0. The fourth-order valence-corrected chi connectivity index (χ4v) is 6.58. The van der Waals surface area contributed by atoms with Gasteiger partial charge in [0.05, 0.1) is 0 Å². The van der Waals surface area contributed by atoms with Crippen LogP contribution >= 0.6 is 17.0 Å². The van der Waals surface area contributed by atoms with E-state index in [-0.39, 0.29) is 21.7 Å². The maximum atomic E-state index is 4.93. The molecule has 0 fully saturated rings. The first-order valence-electron chi connectivity index (χ1n) is 19.1. The molecule has 0 aliphatic carbocycles. The molecule has 0 spiro atoms. The molecule has 6 aromatic rings. The molecule has 0 aliphatic heterocycles. The van der Waals surface area contributed by atoms with Gasteiger partial charge in [-0.2, -0.15) is 12.1 Å². The third-order valence-corrected chi connectivity index (χ3v) is 9.77. The number of rotatable bonds is 2. The topological polar surface area (TPSA) is 0 Å². The van der Waals surface area contributed by atoms with Crippen LogP contribution < -0.4 is 0 Å². The second-order valence-corrected chi connectivity index (χ2v) is 23.6. The summed E-state index contributed by atoms with van der Waals surface area (Å²) in [4.78, 5) is 0. The van der Waals surface area contributed by atoms with Crippen LogP contribution in [0.1, 0.15) is 116 Å². The molecule has 0 bridgehead atoms. The molecule has 0 amide bonds. The van der Waals surface area contributed by atoms with Crippen LogP contribution in [0.2, 0.25) is 13.1 Å². The molecule has 0 saturated heterocycles. The van der Waals surface area contributed by atoms with Crippen molar-refractivity contribution in [2.75, 3.05) is 0 Å². The molecule has 0 N–H and O–H groups in total. The third-order valence-electron chi connectivity index (χ3n) is 9.77. The normalized spacial score (nSPS) is 11.9. The summed E-state index contributed by atoms with van der Waals surface area (Å²) in [6, 6.07) is 36.8. The summed E-state index contributed by atoms with van der Waals surface area (Å²) in [6.45, 7) is 36.2. The Kier molecular flexibility index (Phi) is 16.1. The van der Waals surface area contributed by atoms with E-state index < -0.39 is 20.8 Å². The summed E-state index contributed by atoms with van der Waals surface area (Å²) in [5, 5.41) is 5.42. The minimum atomic E-state index is -0.826. The molecule has 54 heavy (non-hydrogen) atoms. The average molecular weight is 855 g/mol. The van der Waals surface area contributed by atoms with Crippen LogP contribution in [0, 0.1) is 13.8 Å². The van der Waals surface area contributed by atoms with E-state index in [0.717, 1.165) is 9.52 Å². The fourth-order valence-electron chi connectivity index (χ4n) is 6.58. The van der Waals surface area contributed by atoms with Gasteiger partial charge >= 0.3 is 37.9 Å². The van der Waals surface area contributed by atoms with E-state index in [2.05, 4.69) is 207 Å². The molecule has 0 atom stereocenters. The summed E-state index contributed by atoms with van der Waals surface area (Å²) in [5.41, 5.74) is 14.2. The van der Waals surface area contributed by atoms with Crippen molar-refractivity contribution in [2.24, 2.45) is 0 Å². The van der Waals surface area contributed by atoms with Crippen molar-refractivity contribution in [1.29, 1.82) is 0 Å². The van der Waals surface area contributed by atoms with Crippen molar-refractivity contribution >= 4 is 48.1 Å². The molecule has 2 radical (unpaired) electrons. The number of aryl methyl sites for hydroxylation is 2. The molecule has 6 rings (SSSR count). The van der Waals surface area contributed by atoms with Gasteiger partial charge in [-0.25, -0.2) is 0 Å². The fraction of sp³-hybridized carbons (Fsp3) is 0.400. The number of fused-ring (bicyclic) bond motifs is 2. The van der Waals surface area contributed by atoms with Crippen LogP contribution in [0.25, 0.3) is 43.8 Å². The SMILES string of the molecule is C[Si]C.Cc1cc2c(-c3cc(C(C)(C)C)cc(C(C)(C)C)c3)cc(C(C)(C)C)cc2[cH-]1.Cc1cc2c(-c3ccc(C(C)(C)C)cc3)cccc2[cH-]1.[Cl][Zr+2][Cl]. The molecular weight excluding hydrogens is 791 g/mol. The molecular formula is C50H64Cl2SiZr. The van der Waals surface area contributed by atoms with E-state index in [1.165, 1.54) is 77.2 Å². The second kappa shape index (κ2) is 18.8. The number of benzene rings is 4. The Balaban J connectivity index is 0.000000263. The first kappa shape index (κ1) is 46.2. The molecule has 0 aliphatic rings. The van der Waals surface area contributed by atoms with Gasteiger partial charge in [-0.1, -0.05) is 181 Å². The second-order valence-electron chi connectivity index (χ2n) is 18.8. The summed E-state index contributed by atoms with van der Waals surface area (Å²) < 4.78 is 0. The van der Waals surface area contributed by atoms with Crippen molar-refractivity contribution in [3.05, 3.63) is 130 Å². The Labute approximate surface area is 350 Å². The van der Waals surface area contributed by atoms with Crippen molar-refractivity contribution in [3.63, 3.8) is 0 Å². The van der Waals surface area contributed by atoms with Gasteiger partial charge in [-0.3, -0.25) is 0 Å². The Hall–Kier alpha value is -2.22. The molecule has 4 heteroatoms. The van der Waals surface area contributed by atoms with Crippen molar-refractivity contribution < 1.29 is 20.8 Å². The van der Waals surface area contributed by atoms with E-state index >= 15 is 0 Å². The summed E-state index contributed by atoms with van der Waals surface area (Å²) in [7, 11) is 11.0. The Morgan fingerprint density at radius 3 is 1.31 bits per heavy atom. The molecule has 0 heterocycles. The molecule has 0 saturated carbocycles. The van der Waals surface area contributed by atoms with Gasteiger partial charge in [-0.15, -0.1) is 63.0 Å². The number of hydrogen-bond acceptors (Lipinski definition) is 0. The van der Waals surface area contributed by atoms with Crippen LogP contribution in [0.4, 0.5) is 0 Å².